The van der Waals surface area contributed by atoms with Crippen molar-refractivity contribution in [2.75, 3.05) is 23.7 Å². The molecule has 0 radical (unpaired) electrons. The minimum Gasteiger partial charge on any atom is -0.371 e. The van der Waals surface area contributed by atoms with Crippen molar-refractivity contribution in [1.82, 2.24) is 30.8 Å². The number of hydrogen-bond acceptors (Lipinski definition) is 10. The number of nitrogens with zero attached hydrogens (tertiary/aromatic N) is 5. The first-order valence-corrected chi connectivity index (χ1v) is 16.3. The topological polar surface area (TPSA) is 104 Å². The third-order valence-electron chi connectivity index (χ3n) is 8.33. The Bertz CT molecular complexity index is 1800. The molecule has 234 valence electrons. The number of aryl methyl sites for hydroxylation is 1. The lowest BCUT2D eigenvalue weighted by Crippen LogP contribution is -2.52. The second-order valence-electron chi connectivity index (χ2n) is 12.3. The highest BCUT2D eigenvalue weighted by atomic mass is 35.5. The van der Waals surface area contributed by atoms with Crippen molar-refractivity contribution in [2.45, 2.75) is 58.2 Å². The molecular formula is C32H34Cl2FN9S. The van der Waals surface area contributed by atoms with Crippen molar-refractivity contribution in [3.05, 3.63) is 85.9 Å². The van der Waals surface area contributed by atoms with Gasteiger partial charge in [0.2, 0.25) is 0 Å². The van der Waals surface area contributed by atoms with Crippen LogP contribution < -0.4 is 21.6 Å². The number of nitriles is 1. The summed E-state index contributed by atoms with van der Waals surface area (Å²) in [5, 5.41) is 20.0. The second kappa shape index (κ2) is 12.6. The van der Waals surface area contributed by atoms with E-state index in [9.17, 15) is 9.65 Å². The van der Waals surface area contributed by atoms with E-state index in [1.54, 1.807) is 17.4 Å². The van der Waals surface area contributed by atoms with Crippen molar-refractivity contribution >= 4 is 62.5 Å². The van der Waals surface area contributed by atoms with Crippen molar-refractivity contribution in [2.24, 2.45) is 0 Å². The van der Waals surface area contributed by atoms with E-state index in [-0.39, 0.29) is 16.6 Å². The number of likely N-dealkylation sites (tertiary alicyclic amines) is 1. The molecule has 4 aromatic rings. The minimum atomic E-state index is -0.529. The Kier molecular flexibility index (Phi) is 8.78. The lowest BCUT2D eigenvalue weighted by molar-refractivity contribution is 0.0570. The van der Waals surface area contributed by atoms with E-state index in [1.165, 1.54) is 18.3 Å². The molecule has 9 nitrogen and oxygen atoms in total. The van der Waals surface area contributed by atoms with Gasteiger partial charge < -0.3 is 16.1 Å². The van der Waals surface area contributed by atoms with Gasteiger partial charge in [-0.2, -0.15) is 5.26 Å². The van der Waals surface area contributed by atoms with Gasteiger partial charge in [-0.1, -0.05) is 23.2 Å². The molecule has 1 atom stereocenters. The average Bonchev–Trinajstić information content (AvgIpc) is 3.67. The van der Waals surface area contributed by atoms with Gasteiger partial charge in [0.25, 0.3) is 0 Å². The van der Waals surface area contributed by atoms with Crippen molar-refractivity contribution in [1.29, 1.82) is 5.26 Å². The normalized spacial score (nSPS) is 16.8. The highest BCUT2D eigenvalue weighted by molar-refractivity contribution is 7.09. The quantitative estimate of drug-likeness (QED) is 0.158. The molecule has 0 amide bonds. The van der Waals surface area contributed by atoms with Gasteiger partial charge in [-0.25, -0.2) is 9.37 Å². The fourth-order valence-corrected chi connectivity index (χ4v) is 6.90. The van der Waals surface area contributed by atoms with Crippen LogP contribution in [0.5, 0.6) is 0 Å². The smallest absolute Gasteiger partial charge is 0.141 e. The number of halogens is 3. The monoisotopic (exact) mass is 665 g/mol. The molecule has 1 saturated heterocycles. The van der Waals surface area contributed by atoms with E-state index >= 15 is 0 Å². The van der Waals surface area contributed by atoms with Crippen LogP contribution in [-0.4, -0.2) is 44.5 Å². The Morgan fingerprint density at radius 1 is 1.11 bits per heavy atom. The van der Waals surface area contributed by atoms with E-state index in [1.807, 2.05) is 17.6 Å². The maximum atomic E-state index is 13.9. The van der Waals surface area contributed by atoms with E-state index in [2.05, 4.69) is 76.5 Å². The molecular weight excluding hydrogens is 632 g/mol. The van der Waals surface area contributed by atoms with Gasteiger partial charge >= 0.3 is 0 Å². The molecule has 0 aliphatic carbocycles. The molecule has 2 aromatic heterocycles. The van der Waals surface area contributed by atoms with Crippen LogP contribution >= 0.6 is 34.5 Å². The molecule has 4 heterocycles. The standard InChI is InChI=1S/C32H34Cl2FN9S/c1-18-28(38-17-45-18)31(27-16-44(42-41-27)22-7-9-43(10-8-22)32(2,3)4)40-21-11-23-29(39-20-5-6-26(35)24(33)12-20)19(14-36)15-37-30(23)25(34)13-21/h5-6,11-13,15-17,22,31,40-42H,7-10H2,1-4H3,(H,37,39)/t31-/m1/s1. The molecule has 0 bridgehead atoms. The predicted molar refractivity (Wildman–Crippen MR) is 180 cm³/mol. The third-order valence-corrected chi connectivity index (χ3v) is 9.68. The number of fused-ring (bicyclic) bond motifs is 1. The Balaban J connectivity index is 1.33. The minimum absolute atomic E-state index is 0.0292. The zero-order valence-electron chi connectivity index (χ0n) is 25.4. The Morgan fingerprint density at radius 3 is 2.53 bits per heavy atom. The van der Waals surface area contributed by atoms with Gasteiger partial charge in [0.15, 0.2) is 0 Å². The van der Waals surface area contributed by atoms with Crippen LogP contribution in [0.2, 0.25) is 10.0 Å². The molecule has 0 unspecified atom stereocenters. The SMILES string of the molecule is Cc1scnc1[C@H](Nc1cc(Cl)c2ncc(C#N)c(Nc3ccc(F)c(Cl)c3)c2c1)C1=CN(C2CCN(C(C)(C)C)CC2)NN1. The number of anilines is 3. The Morgan fingerprint density at radius 2 is 1.87 bits per heavy atom. The molecule has 0 spiro atoms. The van der Waals surface area contributed by atoms with Gasteiger partial charge in [0.1, 0.15) is 17.9 Å². The zero-order chi connectivity index (χ0) is 31.9. The van der Waals surface area contributed by atoms with E-state index in [4.69, 9.17) is 28.2 Å². The molecule has 2 aliphatic heterocycles. The lowest BCUT2D eigenvalue weighted by Gasteiger charge is -2.42. The summed E-state index contributed by atoms with van der Waals surface area (Å²) in [6, 6.07) is 10.2. The van der Waals surface area contributed by atoms with Gasteiger partial charge in [0.05, 0.1) is 43.7 Å². The maximum absolute atomic E-state index is 13.9. The summed E-state index contributed by atoms with van der Waals surface area (Å²) in [5.74, 6) is -0.529. The third kappa shape index (κ3) is 6.52. The summed E-state index contributed by atoms with van der Waals surface area (Å²) in [6.07, 6.45) is 5.69. The number of hydrazine groups is 2. The average molecular weight is 667 g/mol. The van der Waals surface area contributed by atoms with Crippen LogP contribution in [0.25, 0.3) is 10.9 Å². The lowest BCUT2D eigenvalue weighted by atomic mass is 9.98. The number of benzene rings is 2. The summed E-state index contributed by atoms with van der Waals surface area (Å²) < 4.78 is 13.9. The summed E-state index contributed by atoms with van der Waals surface area (Å²) in [7, 11) is 0. The Labute approximate surface area is 276 Å². The van der Waals surface area contributed by atoms with Gasteiger partial charge in [0, 0.05) is 58.7 Å². The molecule has 1 fully saturated rings. The van der Waals surface area contributed by atoms with Crippen molar-refractivity contribution < 1.29 is 4.39 Å². The molecule has 0 saturated carbocycles. The van der Waals surface area contributed by atoms with Gasteiger partial charge in [-0.15, -0.1) is 16.9 Å². The molecule has 2 aliphatic rings. The molecule has 2 aromatic carbocycles. The molecule has 45 heavy (non-hydrogen) atoms. The van der Waals surface area contributed by atoms with Crippen LogP contribution in [0, 0.1) is 24.1 Å². The predicted octanol–water partition coefficient (Wildman–Crippen LogP) is 7.64. The Hall–Kier alpha value is -3.66. The molecule has 13 heteroatoms. The summed E-state index contributed by atoms with van der Waals surface area (Å²) >= 11 is 14.4. The molecule has 4 N–H and O–H groups in total. The van der Waals surface area contributed by atoms with Crippen LogP contribution in [0.1, 0.15) is 55.8 Å². The van der Waals surface area contributed by atoms with E-state index in [0.29, 0.717) is 44.6 Å². The highest BCUT2D eigenvalue weighted by Gasteiger charge is 2.33. The van der Waals surface area contributed by atoms with Crippen LogP contribution in [-0.2, 0) is 0 Å². The summed E-state index contributed by atoms with van der Waals surface area (Å²) in [6.45, 7) is 10.9. The van der Waals surface area contributed by atoms with Crippen LogP contribution in [0.15, 0.2) is 53.9 Å². The van der Waals surface area contributed by atoms with E-state index in [0.717, 1.165) is 42.2 Å². The van der Waals surface area contributed by atoms with E-state index < -0.39 is 5.82 Å². The number of hydrogen-bond donors (Lipinski definition) is 4. The first-order chi connectivity index (χ1) is 21.5. The highest BCUT2D eigenvalue weighted by Crippen LogP contribution is 2.38. The zero-order valence-corrected chi connectivity index (χ0v) is 27.7. The summed E-state index contributed by atoms with van der Waals surface area (Å²) in [5.41, 5.74) is 13.1. The number of pyridine rings is 1. The fraction of sp³-hybridized carbons (Fsp3) is 0.344. The number of nitrogens with one attached hydrogen (secondary N) is 4. The number of aromatic nitrogens is 2. The molecule has 6 rings (SSSR count). The number of rotatable bonds is 7. The second-order valence-corrected chi connectivity index (χ2v) is 14.1. The van der Waals surface area contributed by atoms with Gasteiger partial charge in [-0.3, -0.25) is 14.9 Å². The van der Waals surface area contributed by atoms with Gasteiger partial charge in [-0.05, 0) is 70.9 Å². The van der Waals surface area contributed by atoms with Crippen molar-refractivity contribution in [3.63, 3.8) is 0 Å². The number of piperidine rings is 1. The summed E-state index contributed by atoms with van der Waals surface area (Å²) in [4.78, 5) is 12.8. The van der Waals surface area contributed by atoms with Crippen LogP contribution in [0.4, 0.5) is 21.5 Å². The fourth-order valence-electron chi connectivity index (χ4n) is 5.83. The van der Waals surface area contributed by atoms with Crippen molar-refractivity contribution in [3.8, 4) is 6.07 Å². The first-order valence-electron chi connectivity index (χ1n) is 14.7. The number of thiazole rings is 1. The first kappa shape index (κ1) is 31.3. The largest absolute Gasteiger partial charge is 0.371 e. The van der Waals surface area contributed by atoms with Crippen LogP contribution in [0.3, 0.4) is 0 Å². The maximum Gasteiger partial charge on any atom is 0.141 e.